The molecule has 7 heteroatoms. The maximum atomic E-state index is 13.0. The van der Waals surface area contributed by atoms with Crippen LogP contribution in [0.4, 0.5) is 11.4 Å². The van der Waals surface area contributed by atoms with Crippen LogP contribution < -0.4 is 10.6 Å². The fourth-order valence-corrected chi connectivity index (χ4v) is 4.58. The summed E-state index contributed by atoms with van der Waals surface area (Å²) in [5.74, 6) is -0.00446. The van der Waals surface area contributed by atoms with Crippen LogP contribution in [0, 0.1) is 5.92 Å². The van der Waals surface area contributed by atoms with Crippen LogP contribution in [0.25, 0.3) is 0 Å². The van der Waals surface area contributed by atoms with Gasteiger partial charge < -0.3 is 10.6 Å². The molecule has 0 aromatic heterocycles. The topological polar surface area (TPSA) is 73.7 Å². The van der Waals surface area contributed by atoms with Gasteiger partial charge in [-0.25, -0.2) is 0 Å². The average Bonchev–Trinajstić information content (AvgIpc) is 3.60. The maximum Gasteiger partial charge on any atom is 0.255 e. The summed E-state index contributed by atoms with van der Waals surface area (Å²) in [7, 11) is 0. The highest BCUT2D eigenvalue weighted by Crippen LogP contribution is 2.53. The number of benzene rings is 3. The van der Waals surface area contributed by atoms with Crippen molar-refractivity contribution in [2.24, 2.45) is 5.92 Å². The molecule has 0 bridgehead atoms. The van der Waals surface area contributed by atoms with Crippen molar-refractivity contribution < 1.29 is 14.4 Å². The Balaban J connectivity index is 1.66. The van der Waals surface area contributed by atoms with Crippen molar-refractivity contribution in [1.82, 2.24) is 5.06 Å². The molecule has 0 saturated carbocycles. The van der Waals surface area contributed by atoms with Crippen LogP contribution in [0.5, 0.6) is 0 Å². The van der Waals surface area contributed by atoms with E-state index in [9.17, 15) is 9.59 Å². The maximum absolute atomic E-state index is 13.0. The van der Waals surface area contributed by atoms with Crippen LogP contribution in [0.1, 0.15) is 53.5 Å². The van der Waals surface area contributed by atoms with Crippen LogP contribution in [-0.2, 0) is 10.6 Å². The summed E-state index contributed by atoms with van der Waals surface area (Å²) < 4.78 is 0. The summed E-state index contributed by atoms with van der Waals surface area (Å²) >= 11 is 4.07. The van der Waals surface area contributed by atoms with Gasteiger partial charge in [0, 0.05) is 23.4 Å². The van der Waals surface area contributed by atoms with Gasteiger partial charge in [0.1, 0.15) is 0 Å². The van der Waals surface area contributed by atoms with Gasteiger partial charge >= 0.3 is 0 Å². The molecule has 2 N–H and O–H groups in total. The van der Waals surface area contributed by atoms with E-state index in [4.69, 9.17) is 4.84 Å². The Morgan fingerprint density at radius 1 is 0.971 bits per heavy atom. The number of thiol groups is 1. The lowest BCUT2D eigenvalue weighted by Crippen LogP contribution is -2.36. The third kappa shape index (κ3) is 5.27. The molecule has 3 aromatic carbocycles. The number of nitrogens with zero attached hydrogens (tertiary/aromatic N) is 1. The van der Waals surface area contributed by atoms with E-state index in [0.717, 1.165) is 11.3 Å². The minimum Gasteiger partial charge on any atom is -0.383 e. The molecule has 0 radical (unpaired) electrons. The number of carbonyl (C=O) groups is 2. The van der Waals surface area contributed by atoms with Gasteiger partial charge in [-0.2, -0.15) is 0 Å². The molecule has 6 nitrogen and oxygen atoms in total. The van der Waals surface area contributed by atoms with Crippen LogP contribution in [0.3, 0.4) is 0 Å². The van der Waals surface area contributed by atoms with Crippen LogP contribution in [-0.4, -0.2) is 28.7 Å². The van der Waals surface area contributed by atoms with Crippen molar-refractivity contribution in [2.75, 3.05) is 17.2 Å². The predicted molar refractivity (Wildman–Crippen MR) is 143 cm³/mol. The van der Waals surface area contributed by atoms with Gasteiger partial charge in [-0.15, -0.1) is 17.7 Å². The number of hydrogen-bond acceptors (Lipinski definition) is 5. The molecule has 1 fully saturated rings. The third-order valence-corrected chi connectivity index (χ3v) is 6.64. The van der Waals surface area contributed by atoms with Gasteiger partial charge in [-0.05, 0) is 42.7 Å². The second kappa shape index (κ2) is 10.6. The van der Waals surface area contributed by atoms with E-state index in [1.54, 1.807) is 36.4 Å². The van der Waals surface area contributed by atoms with Gasteiger partial charge in [0.2, 0.25) is 5.12 Å². The van der Waals surface area contributed by atoms with Crippen molar-refractivity contribution in [3.63, 3.8) is 0 Å². The van der Waals surface area contributed by atoms with Gasteiger partial charge in [0.15, 0.2) is 5.72 Å². The van der Waals surface area contributed by atoms with E-state index in [-0.39, 0.29) is 17.9 Å². The first-order valence-corrected chi connectivity index (χ1v) is 12.3. The number of carbonyl (C=O) groups excluding carboxylic acids is 2. The van der Waals surface area contributed by atoms with E-state index in [2.05, 4.69) is 37.1 Å². The number of hydrogen-bond donors (Lipinski definition) is 3. The van der Waals surface area contributed by atoms with Crippen LogP contribution in [0.2, 0.25) is 0 Å². The number of para-hydroxylation sites is 2. The Morgan fingerprint density at radius 2 is 1.63 bits per heavy atom. The standard InChI is InChI=1S/C28H31N3O3S/c1-4-28(31(34-28)24(19(2)3)18-29-21-14-9-6-10-15-21)23-17-11-16-22(27(33)35)25(23)30-26(32)20-12-7-5-8-13-20/h5-17,19,24,29H,4,18H2,1-3H3,(H,30,32)(H,33,35)/t24-,28+,31?/m1/s1. The highest BCUT2D eigenvalue weighted by molar-refractivity contribution is 7.97. The lowest BCUT2D eigenvalue weighted by Gasteiger charge is -2.25. The molecular weight excluding hydrogens is 458 g/mol. The summed E-state index contributed by atoms with van der Waals surface area (Å²) in [5, 5.41) is 8.05. The minimum absolute atomic E-state index is 0.0585. The highest BCUT2D eigenvalue weighted by Gasteiger charge is 2.60. The first-order chi connectivity index (χ1) is 16.9. The van der Waals surface area contributed by atoms with Gasteiger partial charge in [0.25, 0.3) is 5.91 Å². The molecule has 3 atom stereocenters. The van der Waals surface area contributed by atoms with E-state index in [1.165, 1.54) is 0 Å². The molecular formula is C28H31N3O3S. The van der Waals surface area contributed by atoms with Crippen molar-refractivity contribution in [1.29, 1.82) is 0 Å². The second-order valence-electron chi connectivity index (χ2n) is 8.97. The molecule has 1 saturated heterocycles. The third-order valence-electron chi connectivity index (χ3n) is 6.40. The van der Waals surface area contributed by atoms with Gasteiger partial charge in [-0.3, -0.25) is 14.4 Å². The Kier molecular flexibility index (Phi) is 7.60. The van der Waals surface area contributed by atoms with Crippen molar-refractivity contribution in [3.05, 3.63) is 95.6 Å². The molecule has 1 heterocycles. The van der Waals surface area contributed by atoms with Crippen molar-refractivity contribution in [3.8, 4) is 0 Å². The Labute approximate surface area is 212 Å². The number of rotatable bonds is 10. The number of nitrogens with one attached hydrogen (secondary N) is 2. The molecule has 1 aliphatic heterocycles. The second-order valence-corrected chi connectivity index (χ2v) is 9.37. The SMILES string of the molecule is CC[C@@]1(c2cccc(C(=O)S)c2NC(=O)c2ccccc2)ON1[C@H](CNc1ccccc1)C(C)C. The normalized spacial score (nSPS) is 19.7. The van der Waals surface area contributed by atoms with E-state index >= 15 is 0 Å². The predicted octanol–water partition coefficient (Wildman–Crippen LogP) is 5.96. The lowest BCUT2D eigenvalue weighted by molar-refractivity contribution is 0.102. The zero-order valence-corrected chi connectivity index (χ0v) is 21.1. The van der Waals surface area contributed by atoms with E-state index in [0.29, 0.717) is 29.8 Å². The zero-order chi connectivity index (χ0) is 25.0. The highest BCUT2D eigenvalue weighted by atomic mass is 32.1. The number of hydroxylamine groups is 2. The fraction of sp³-hybridized carbons (Fsp3) is 0.286. The van der Waals surface area contributed by atoms with E-state index in [1.807, 2.05) is 54.5 Å². The first kappa shape index (κ1) is 25.0. The smallest absolute Gasteiger partial charge is 0.255 e. The molecule has 1 amide bonds. The molecule has 3 aromatic rings. The first-order valence-electron chi connectivity index (χ1n) is 11.9. The van der Waals surface area contributed by atoms with Gasteiger partial charge in [-0.1, -0.05) is 69.3 Å². The molecule has 0 spiro atoms. The summed E-state index contributed by atoms with van der Waals surface area (Å²) in [6.07, 6.45) is 0.639. The number of anilines is 2. The molecule has 1 unspecified atom stereocenters. The minimum atomic E-state index is -0.758. The molecule has 35 heavy (non-hydrogen) atoms. The Morgan fingerprint density at radius 3 is 2.23 bits per heavy atom. The summed E-state index contributed by atoms with van der Waals surface area (Å²) in [4.78, 5) is 31.8. The fourth-order valence-electron chi connectivity index (χ4n) is 4.39. The average molecular weight is 490 g/mol. The van der Waals surface area contributed by atoms with Crippen molar-refractivity contribution >= 4 is 35.0 Å². The monoisotopic (exact) mass is 489 g/mol. The number of amides is 1. The van der Waals surface area contributed by atoms with Gasteiger partial charge in [0.05, 0.1) is 17.3 Å². The summed E-state index contributed by atoms with van der Waals surface area (Å²) in [5.41, 5.74) is 2.30. The van der Waals surface area contributed by atoms with Crippen LogP contribution in [0.15, 0.2) is 78.9 Å². The van der Waals surface area contributed by atoms with Crippen molar-refractivity contribution in [2.45, 2.75) is 39.0 Å². The molecule has 4 rings (SSSR count). The molecule has 1 aliphatic rings. The lowest BCUT2D eigenvalue weighted by atomic mass is 9.94. The van der Waals surface area contributed by atoms with E-state index < -0.39 is 10.8 Å². The zero-order valence-electron chi connectivity index (χ0n) is 20.2. The molecule has 182 valence electrons. The van der Waals surface area contributed by atoms with Crippen LogP contribution >= 0.6 is 12.6 Å². The Hall–Kier alpha value is -3.13. The summed E-state index contributed by atoms with van der Waals surface area (Å²) in [6.45, 7) is 7.04. The molecule has 0 aliphatic carbocycles. The summed E-state index contributed by atoms with van der Waals surface area (Å²) in [6, 6.07) is 24.4. The quantitative estimate of drug-likeness (QED) is 0.242. The Bertz CT molecular complexity index is 1190. The largest absolute Gasteiger partial charge is 0.383 e.